The van der Waals surface area contributed by atoms with Crippen molar-refractivity contribution in [3.05, 3.63) is 82.7 Å². The van der Waals surface area contributed by atoms with Crippen LogP contribution in [0, 0.1) is 13.8 Å². The summed E-state index contributed by atoms with van der Waals surface area (Å²) in [5.41, 5.74) is 7.85. The molecule has 0 saturated heterocycles. The van der Waals surface area contributed by atoms with Gasteiger partial charge in [0.15, 0.2) is 0 Å². The number of rotatable bonds is 6. The predicted molar refractivity (Wildman–Crippen MR) is 131 cm³/mol. The normalized spacial score (nSPS) is 14.9. The summed E-state index contributed by atoms with van der Waals surface area (Å²) in [5.74, 6) is -0.258. The smallest absolute Gasteiger partial charge is 0.264 e. The number of nitrogens with zero attached hydrogens (tertiary/aromatic N) is 2. The van der Waals surface area contributed by atoms with Crippen molar-refractivity contribution in [1.82, 2.24) is 0 Å². The summed E-state index contributed by atoms with van der Waals surface area (Å²) in [6.45, 7) is 7.66. The molecule has 166 valence electrons. The first kappa shape index (κ1) is 22.2. The van der Waals surface area contributed by atoms with E-state index in [1.54, 1.807) is 0 Å². The van der Waals surface area contributed by atoms with Crippen molar-refractivity contribution in [3.63, 3.8) is 0 Å². The van der Waals surface area contributed by atoms with Crippen molar-refractivity contribution in [2.75, 3.05) is 17.2 Å². The van der Waals surface area contributed by atoms with E-state index in [9.17, 15) is 13.0 Å². The van der Waals surface area contributed by atoms with Crippen LogP contribution in [0.25, 0.3) is 23.1 Å². The Morgan fingerprint density at radius 1 is 1.06 bits per heavy atom. The molecule has 0 unspecified atom stereocenters. The fourth-order valence-electron chi connectivity index (χ4n) is 4.44. The van der Waals surface area contributed by atoms with Gasteiger partial charge in [-0.05, 0) is 63.1 Å². The third-order valence-corrected chi connectivity index (χ3v) is 6.70. The Bertz CT molecular complexity index is 1340. The van der Waals surface area contributed by atoms with E-state index in [0.717, 1.165) is 29.2 Å². The monoisotopic (exact) mass is 449 g/mol. The van der Waals surface area contributed by atoms with Gasteiger partial charge in [0.05, 0.1) is 5.75 Å². The molecule has 1 aliphatic rings. The average Bonchev–Trinajstić information content (AvgIpc) is 2.74. The van der Waals surface area contributed by atoms with Crippen LogP contribution in [-0.4, -0.2) is 25.3 Å². The van der Waals surface area contributed by atoms with Crippen LogP contribution in [0.4, 0.5) is 5.69 Å². The van der Waals surface area contributed by atoms with E-state index in [1.807, 2.05) is 0 Å². The van der Waals surface area contributed by atoms with Crippen molar-refractivity contribution in [2.45, 2.75) is 33.7 Å². The van der Waals surface area contributed by atoms with Gasteiger partial charge >= 0.3 is 0 Å². The van der Waals surface area contributed by atoms with Crippen LogP contribution in [0.2, 0.25) is 0 Å². The predicted octanol–water partition coefficient (Wildman–Crippen LogP) is 4.92. The summed E-state index contributed by atoms with van der Waals surface area (Å²) in [5, 5.41) is 1.21. The van der Waals surface area contributed by atoms with Crippen LogP contribution in [0.15, 0.2) is 60.3 Å². The van der Waals surface area contributed by atoms with Crippen LogP contribution in [0.5, 0.6) is 0 Å². The third kappa shape index (κ3) is 4.61. The maximum atomic E-state index is 11.3. The lowest BCUT2D eigenvalue weighted by Gasteiger charge is -2.30. The molecule has 0 aliphatic carbocycles. The number of allylic oxidation sites excluding steroid dienone is 1. The SMILES string of the molecule is CC[n+]1c(/C=C2\C=Cc3cc(C)ccc3N2CCCS(=O)(=O)O)ccc2cccc(C)c21. The molecule has 4 rings (SSSR count). The molecule has 1 aromatic heterocycles. The zero-order valence-corrected chi connectivity index (χ0v) is 19.6. The molecule has 2 heterocycles. The number of aromatic nitrogens is 1. The molecule has 1 N–H and O–H groups in total. The molecule has 5 nitrogen and oxygen atoms in total. The Morgan fingerprint density at radius 2 is 1.88 bits per heavy atom. The number of anilines is 1. The number of benzene rings is 2. The van der Waals surface area contributed by atoms with Gasteiger partial charge in [-0.2, -0.15) is 13.0 Å². The molecule has 3 aromatic rings. The molecule has 0 amide bonds. The zero-order chi connectivity index (χ0) is 22.9. The maximum absolute atomic E-state index is 11.3. The minimum absolute atomic E-state index is 0.258. The van der Waals surface area contributed by atoms with Gasteiger partial charge in [-0.25, -0.2) is 0 Å². The highest BCUT2D eigenvalue weighted by Crippen LogP contribution is 2.32. The summed E-state index contributed by atoms with van der Waals surface area (Å²) < 4.78 is 34.1. The van der Waals surface area contributed by atoms with E-state index in [2.05, 4.69) is 97.0 Å². The van der Waals surface area contributed by atoms with E-state index in [4.69, 9.17) is 0 Å². The van der Waals surface area contributed by atoms with Gasteiger partial charge < -0.3 is 4.90 Å². The van der Waals surface area contributed by atoms with E-state index < -0.39 is 10.1 Å². The Hall–Kier alpha value is -2.96. The van der Waals surface area contributed by atoms with Crippen LogP contribution in [0.3, 0.4) is 0 Å². The summed E-state index contributed by atoms with van der Waals surface area (Å²) in [6.07, 6.45) is 6.68. The number of pyridine rings is 1. The first-order chi connectivity index (χ1) is 15.3. The van der Waals surface area contributed by atoms with Crippen molar-refractivity contribution in [1.29, 1.82) is 0 Å². The van der Waals surface area contributed by atoms with E-state index in [1.165, 1.54) is 22.0 Å². The molecule has 0 fully saturated rings. The Morgan fingerprint density at radius 3 is 2.62 bits per heavy atom. The third-order valence-electron chi connectivity index (χ3n) is 5.90. The molecular formula is C26H29N2O3S+. The minimum Gasteiger partial charge on any atom is -0.341 e. The summed E-state index contributed by atoms with van der Waals surface area (Å²) in [6, 6.07) is 16.9. The molecule has 0 atom stereocenters. The topological polar surface area (TPSA) is 61.5 Å². The first-order valence-corrected chi connectivity index (χ1v) is 12.5. The molecular weight excluding hydrogens is 420 g/mol. The number of hydrogen-bond acceptors (Lipinski definition) is 3. The molecule has 32 heavy (non-hydrogen) atoms. The maximum Gasteiger partial charge on any atom is 0.264 e. The van der Waals surface area contributed by atoms with E-state index in [-0.39, 0.29) is 5.75 Å². The first-order valence-electron chi connectivity index (χ1n) is 10.9. The van der Waals surface area contributed by atoms with Gasteiger partial charge in [0.25, 0.3) is 10.1 Å². The summed E-state index contributed by atoms with van der Waals surface area (Å²) in [4.78, 5) is 2.14. The molecule has 6 heteroatoms. The van der Waals surface area contributed by atoms with Gasteiger partial charge in [-0.15, -0.1) is 0 Å². The molecule has 0 spiro atoms. The minimum atomic E-state index is -3.99. The lowest BCUT2D eigenvalue weighted by atomic mass is 10.0. The molecule has 1 aliphatic heterocycles. The lowest BCUT2D eigenvalue weighted by Crippen LogP contribution is -2.38. The fourth-order valence-corrected chi connectivity index (χ4v) is 4.93. The van der Waals surface area contributed by atoms with Gasteiger partial charge in [0.2, 0.25) is 11.2 Å². The van der Waals surface area contributed by atoms with Gasteiger partial charge in [-0.1, -0.05) is 29.8 Å². The van der Waals surface area contributed by atoms with Crippen LogP contribution < -0.4 is 9.47 Å². The number of fused-ring (bicyclic) bond motifs is 2. The van der Waals surface area contributed by atoms with E-state index in [0.29, 0.717) is 13.0 Å². The van der Waals surface area contributed by atoms with Crippen molar-refractivity contribution in [3.8, 4) is 0 Å². The van der Waals surface area contributed by atoms with Crippen LogP contribution >= 0.6 is 0 Å². The van der Waals surface area contributed by atoms with Gasteiger partial charge in [0, 0.05) is 41.0 Å². The van der Waals surface area contributed by atoms with Crippen LogP contribution in [-0.2, 0) is 16.7 Å². The Balaban J connectivity index is 1.80. The Labute approximate surface area is 190 Å². The highest BCUT2D eigenvalue weighted by Gasteiger charge is 2.21. The number of aryl methyl sites for hydroxylation is 3. The second-order valence-electron chi connectivity index (χ2n) is 8.27. The fraction of sp³-hybridized carbons (Fsp3) is 0.269. The molecule has 0 saturated carbocycles. The lowest BCUT2D eigenvalue weighted by molar-refractivity contribution is -0.669. The highest BCUT2D eigenvalue weighted by molar-refractivity contribution is 7.85. The second kappa shape index (κ2) is 8.88. The van der Waals surface area contributed by atoms with Crippen molar-refractivity contribution < 1.29 is 17.5 Å². The van der Waals surface area contributed by atoms with Crippen molar-refractivity contribution in [2.24, 2.45) is 0 Å². The quantitative estimate of drug-likeness (QED) is 0.429. The van der Waals surface area contributed by atoms with Crippen molar-refractivity contribution >= 4 is 38.9 Å². The summed E-state index contributed by atoms with van der Waals surface area (Å²) >= 11 is 0. The second-order valence-corrected chi connectivity index (χ2v) is 9.84. The summed E-state index contributed by atoms with van der Waals surface area (Å²) in [7, 11) is -3.99. The van der Waals surface area contributed by atoms with Gasteiger partial charge in [0.1, 0.15) is 6.54 Å². The number of hydrogen-bond donors (Lipinski definition) is 1. The molecule has 2 aromatic carbocycles. The highest BCUT2D eigenvalue weighted by atomic mass is 32.2. The van der Waals surface area contributed by atoms with E-state index >= 15 is 0 Å². The average molecular weight is 450 g/mol. The zero-order valence-electron chi connectivity index (χ0n) is 18.7. The number of para-hydroxylation sites is 1. The van der Waals surface area contributed by atoms with Crippen LogP contribution in [0.1, 0.15) is 35.7 Å². The Kier molecular flexibility index (Phi) is 6.17. The van der Waals surface area contributed by atoms with Gasteiger partial charge in [-0.3, -0.25) is 4.55 Å². The standard InChI is InChI=1S/C26H28N2O3S/c1-4-27-23(12-10-21-8-5-7-20(3)26(21)27)18-24-13-11-22-17-19(2)9-14-25(22)28(24)15-6-16-32(29,30)31/h5,7-14,17-18H,4,6,15-16H2,1-3H3/p+1. The molecule has 0 bridgehead atoms. The largest absolute Gasteiger partial charge is 0.341 e. The molecule has 0 radical (unpaired) electrons.